The lowest BCUT2D eigenvalue weighted by Gasteiger charge is -2.13. The van der Waals surface area contributed by atoms with Crippen LogP contribution in [0.25, 0.3) is 0 Å². The van der Waals surface area contributed by atoms with Crippen LogP contribution in [-0.2, 0) is 4.74 Å². The summed E-state index contributed by atoms with van der Waals surface area (Å²) in [7, 11) is 1.31. The summed E-state index contributed by atoms with van der Waals surface area (Å²) in [5.74, 6) is -0.832. The Kier molecular flexibility index (Phi) is 5.69. The number of pyridine rings is 1. The molecule has 3 aromatic rings. The predicted octanol–water partition coefficient (Wildman–Crippen LogP) is 4.48. The van der Waals surface area contributed by atoms with Crippen molar-refractivity contribution in [2.75, 3.05) is 17.7 Å². The van der Waals surface area contributed by atoms with Crippen LogP contribution in [-0.4, -0.2) is 24.0 Å². The number of esters is 1. The monoisotopic (exact) mass is 375 g/mol. The Labute approximate surface area is 163 Å². The van der Waals surface area contributed by atoms with Gasteiger partial charge in [-0.2, -0.15) is 0 Å². The van der Waals surface area contributed by atoms with Gasteiger partial charge in [-0.15, -0.1) is 0 Å². The third-order valence-corrected chi connectivity index (χ3v) is 4.28. The highest BCUT2D eigenvalue weighted by Crippen LogP contribution is 2.24. The van der Waals surface area contributed by atoms with E-state index in [2.05, 4.69) is 15.6 Å². The molecule has 0 unspecified atom stereocenters. The van der Waals surface area contributed by atoms with Gasteiger partial charge in [-0.25, -0.2) is 4.79 Å². The topological polar surface area (TPSA) is 80.3 Å². The molecular weight excluding hydrogens is 354 g/mol. The van der Waals surface area contributed by atoms with E-state index in [1.165, 1.54) is 7.11 Å². The van der Waals surface area contributed by atoms with Crippen LogP contribution in [0.5, 0.6) is 0 Å². The molecule has 28 heavy (non-hydrogen) atoms. The van der Waals surface area contributed by atoms with Gasteiger partial charge in [0, 0.05) is 23.3 Å². The molecule has 1 aromatic heterocycles. The van der Waals surface area contributed by atoms with Crippen LogP contribution in [0.15, 0.2) is 60.8 Å². The maximum absolute atomic E-state index is 12.6. The quantitative estimate of drug-likeness (QED) is 0.643. The molecular formula is C22H21N3O3. The van der Waals surface area contributed by atoms with Crippen molar-refractivity contribution >= 4 is 28.9 Å². The summed E-state index contributed by atoms with van der Waals surface area (Å²) < 4.78 is 4.70. The van der Waals surface area contributed by atoms with E-state index < -0.39 is 5.97 Å². The van der Waals surface area contributed by atoms with Gasteiger partial charge in [0.05, 0.1) is 12.7 Å². The fourth-order valence-electron chi connectivity index (χ4n) is 2.83. The zero-order chi connectivity index (χ0) is 20.1. The highest BCUT2D eigenvalue weighted by Gasteiger charge is 2.12. The number of benzene rings is 2. The van der Waals surface area contributed by atoms with Crippen molar-refractivity contribution < 1.29 is 14.3 Å². The number of ether oxygens (including phenoxy) is 1. The lowest BCUT2D eigenvalue weighted by Crippen LogP contribution is -2.14. The molecule has 0 bridgehead atoms. The smallest absolute Gasteiger partial charge is 0.337 e. The number of rotatable bonds is 5. The largest absolute Gasteiger partial charge is 0.465 e. The standard InChI is InChI=1S/C22H21N3O3/c1-14-6-4-7-15(2)20(14)24-18-10-11-23-19(13-18)21(26)25-17-9-5-8-16(12-17)22(27)28-3/h4-13H,1-3H3,(H,23,24)(H,25,26). The summed E-state index contributed by atoms with van der Waals surface area (Å²) in [6, 6.07) is 16.1. The number of aromatic nitrogens is 1. The summed E-state index contributed by atoms with van der Waals surface area (Å²) in [4.78, 5) is 28.4. The van der Waals surface area contributed by atoms with Crippen molar-refractivity contribution in [1.29, 1.82) is 0 Å². The van der Waals surface area contributed by atoms with Gasteiger partial charge in [0.2, 0.25) is 0 Å². The minimum atomic E-state index is -0.464. The van der Waals surface area contributed by atoms with Gasteiger partial charge in [0.25, 0.3) is 5.91 Å². The Morgan fingerprint density at radius 3 is 2.36 bits per heavy atom. The zero-order valence-electron chi connectivity index (χ0n) is 15.9. The average Bonchev–Trinajstić information content (AvgIpc) is 2.70. The molecule has 3 rings (SSSR count). The molecule has 0 aliphatic carbocycles. The van der Waals surface area contributed by atoms with Crippen LogP contribution in [0.2, 0.25) is 0 Å². The van der Waals surface area contributed by atoms with Gasteiger partial charge in [0.15, 0.2) is 0 Å². The summed E-state index contributed by atoms with van der Waals surface area (Å²) in [5.41, 5.74) is 5.11. The first-order valence-corrected chi connectivity index (χ1v) is 8.77. The molecule has 1 amide bonds. The van der Waals surface area contributed by atoms with Crippen LogP contribution >= 0.6 is 0 Å². The second-order valence-corrected chi connectivity index (χ2v) is 6.35. The molecule has 0 spiro atoms. The molecule has 0 aliphatic rings. The van der Waals surface area contributed by atoms with Crippen molar-refractivity contribution in [3.8, 4) is 0 Å². The molecule has 1 heterocycles. The molecule has 6 heteroatoms. The van der Waals surface area contributed by atoms with Crippen LogP contribution < -0.4 is 10.6 Å². The molecule has 0 saturated heterocycles. The Bertz CT molecular complexity index is 1010. The number of nitrogens with one attached hydrogen (secondary N) is 2. The number of carbonyl (C=O) groups excluding carboxylic acids is 2. The molecule has 2 N–H and O–H groups in total. The van der Waals surface area contributed by atoms with E-state index in [-0.39, 0.29) is 11.6 Å². The summed E-state index contributed by atoms with van der Waals surface area (Å²) in [5, 5.41) is 6.10. The Hall–Kier alpha value is -3.67. The van der Waals surface area contributed by atoms with Crippen LogP contribution in [0.4, 0.5) is 17.1 Å². The lowest BCUT2D eigenvalue weighted by atomic mass is 10.1. The van der Waals surface area contributed by atoms with Gasteiger partial charge in [-0.1, -0.05) is 24.3 Å². The van der Waals surface area contributed by atoms with E-state index in [0.717, 1.165) is 22.5 Å². The number of para-hydroxylation sites is 1. The maximum Gasteiger partial charge on any atom is 0.337 e. The summed E-state index contributed by atoms with van der Waals surface area (Å²) in [6.45, 7) is 4.05. The van der Waals surface area contributed by atoms with E-state index >= 15 is 0 Å². The molecule has 0 saturated carbocycles. The summed E-state index contributed by atoms with van der Waals surface area (Å²) in [6.07, 6.45) is 1.58. The first kappa shape index (κ1) is 19.1. The molecule has 0 aliphatic heterocycles. The molecule has 142 valence electrons. The average molecular weight is 375 g/mol. The van der Waals surface area contributed by atoms with E-state index in [9.17, 15) is 9.59 Å². The molecule has 0 fully saturated rings. The second-order valence-electron chi connectivity index (χ2n) is 6.35. The number of amides is 1. The zero-order valence-corrected chi connectivity index (χ0v) is 15.9. The van der Waals surface area contributed by atoms with Crippen molar-refractivity contribution in [3.63, 3.8) is 0 Å². The van der Waals surface area contributed by atoms with Crippen LogP contribution in [0.1, 0.15) is 32.0 Å². The first-order chi connectivity index (χ1) is 13.5. The number of carbonyl (C=O) groups is 2. The van der Waals surface area contributed by atoms with Gasteiger partial charge in [0.1, 0.15) is 5.69 Å². The van der Waals surface area contributed by atoms with E-state index in [0.29, 0.717) is 11.3 Å². The molecule has 6 nitrogen and oxygen atoms in total. The Morgan fingerprint density at radius 2 is 1.64 bits per heavy atom. The third-order valence-electron chi connectivity index (χ3n) is 4.28. The molecule has 0 atom stereocenters. The number of hydrogen-bond acceptors (Lipinski definition) is 5. The normalized spacial score (nSPS) is 10.2. The number of nitrogens with zero attached hydrogens (tertiary/aromatic N) is 1. The number of anilines is 3. The number of methoxy groups -OCH3 is 1. The highest BCUT2D eigenvalue weighted by molar-refractivity contribution is 6.04. The molecule has 0 radical (unpaired) electrons. The van der Waals surface area contributed by atoms with E-state index in [1.54, 1.807) is 42.6 Å². The SMILES string of the molecule is COC(=O)c1cccc(NC(=O)c2cc(Nc3c(C)cccc3C)ccn2)c1. The van der Waals surface area contributed by atoms with Crippen molar-refractivity contribution in [3.05, 3.63) is 83.2 Å². The third kappa shape index (κ3) is 4.35. The maximum atomic E-state index is 12.6. The van der Waals surface area contributed by atoms with Gasteiger partial charge in [-0.3, -0.25) is 9.78 Å². The molecule has 2 aromatic carbocycles. The Morgan fingerprint density at radius 1 is 0.929 bits per heavy atom. The minimum Gasteiger partial charge on any atom is -0.465 e. The fraction of sp³-hybridized carbons (Fsp3) is 0.136. The Balaban J connectivity index is 1.78. The number of aryl methyl sites for hydroxylation is 2. The van der Waals surface area contributed by atoms with Gasteiger partial charge in [-0.05, 0) is 55.3 Å². The first-order valence-electron chi connectivity index (χ1n) is 8.77. The fourth-order valence-corrected chi connectivity index (χ4v) is 2.83. The minimum absolute atomic E-state index is 0.264. The lowest BCUT2D eigenvalue weighted by molar-refractivity contribution is 0.0600. The predicted molar refractivity (Wildman–Crippen MR) is 109 cm³/mol. The van der Waals surface area contributed by atoms with E-state index in [4.69, 9.17) is 4.74 Å². The van der Waals surface area contributed by atoms with Crippen molar-refractivity contribution in [1.82, 2.24) is 4.98 Å². The highest BCUT2D eigenvalue weighted by atomic mass is 16.5. The summed E-state index contributed by atoms with van der Waals surface area (Å²) >= 11 is 0. The van der Waals surface area contributed by atoms with Gasteiger partial charge < -0.3 is 15.4 Å². The van der Waals surface area contributed by atoms with Crippen LogP contribution in [0, 0.1) is 13.8 Å². The second kappa shape index (κ2) is 8.35. The van der Waals surface area contributed by atoms with Gasteiger partial charge >= 0.3 is 5.97 Å². The number of hydrogen-bond donors (Lipinski definition) is 2. The van der Waals surface area contributed by atoms with E-state index in [1.807, 2.05) is 32.0 Å². The van der Waals surface area contributed by atoms with Crippen molar-refractivity contribution in [2.24, 2.45) is 0 Å². The van der Waals surface area contributed by atoms with Crippen molar-refractivity contribution in [2.45, 2.75) is 13.8 Å². The van der Waals surface area contributed by atoms with Crippen LogP contribution in [0.3, 0.4) is 0 Å².